The monoisotopic (exact) mass is 350 g/mol. The number of esters is 1. The predicted octanol–water partition coefficient (Wildman–Crippen LogP) is 4.38. The summed E-state index contributed by atoms with van der Waals surface area (Å²) in [6.07, 6.45) is 2.51. The second-order valence-electron chi connectivity index (χ2n) is 6.00. The summed E-state index contributed by atoms with van der Waals surface area (Å²) in [6, 6.07) is 18.3. The number of hydrogen-bond donors (Lipinski definition) is 0. The van der Waals surface area contributed by atoms with Crippen molar-refractivity contribution < 1.29 is 9.53 Å². The third-order valence-electron chi connectivity index (χ3n) is 4.40. The van der Waals surface area contributed by atoms with Gasteiger partial charge in [-0.1, -0.05) is 60.3 Å². The van der Waals surface area contributed by atoms with Gasteiger partial charge in [0.25, 0.3) is 0 Å². The lowest BCUT2D eigenvalue weighted by Gasteiger charge is -2.32. The summed E-state index contributed by atoms with van der Waals surface area (Å²) in [5, 5.41) is 0.954. The highest BCUT2D eigenvalue weighted by Gasteiger charge is 2.36. The molecule has 5 heteroatoms. The van der Waals surface area contributed by atoms with Crippen molar-refractivity contribution in [2.75, 3.05) is 13.7 Å². The average molecular weight is 350 g/mol. The molecular formula is C20H18N2O2S. The molecule has 4 rings (SSSR count). The van der Waals surface area contributed by atoms with Crippen molar-refractivity contribution >= 4 is 34.7 Å². The summed E-state index contributed by atoms with van der Waals surface area (Å²) in [5.41, 5.74) is 3.20. The van der Waals surface area contributed by atoms with Crippen molar-refractivity contribution in [1.29, 1.82) is 0 Å². The van der Waals surface area contributed by atoms with Gasteiger partial charge in [-0.15, -0.1) is 0 Å². The van der Waals surface area contributed by atoms with E-state index in [0.717, 1.165) is 23.0 Å². The van der Waals surface area contributed by atoms with Gasteiger partial charge in [-0.25, -0.2) is 4.99 Å². The third kappa shape index (κ3) is 3.20. The van der Waals surface area contributed by atoms with E-state index in [4.69, 9.17) is 9.73 Å². The van der Waals surface area contributed by atoms with Crippen LogP contribution in [0.3, 0.4) is 0 Å². The van der Waals surface area contributed by atoms with E-state index in [2.05, 4.69) is 23.1 Å². The highest BCUT2D eigenvalue weighted by Crippen LogP contribution is 2.45. The lowest BCUT2D eigenvalue weighted by Crippen LogP contribution is -2.33. The molecule has 0 radical (unpaired) electrons. The Labute approximate surface area is 151 Å². The number of aliphatic imine (C=N–C) groups is 1. The first-order chi connectivity index (χ1) is 12.2. The van der Waals surface area contributed by atoms with Crippen molar-refractivity contribution in [1.82, 2.24) is 4.90 Å². The molecule has 0 amide bonds. The lowest BCUT2D eigenvalue weighted by molar-refractivity contribution is -0.141. The molecule has 2 aromatic rings. The maximum absolute atomic E-state index is 11.9. The molecule has 0 aromatic heterocycles. The number of carbonyl (C=O) groups excluding carboxylic acids is 1. The number of hydrogen-bond acceptors (Lipinski definition) is 5. The van der Waals surface area contributed by atoms with Crippen molar-refractivity contribution in [3.63, 3.8) is 0 Å². The second-order valence-corrected chi connectivity index (χ2v) is 7.09. The van der Waals surface area contributed by atoms with Crippen molar-refractivity contribution in [3.05, 3.63) is 70.6 Å². The number of rotatable bonds is 3. The molecule has 1 fully saturated rings. The van der Waals surface area contributed by atoms with Crippen LogP contribution >= 0.6 is 11.8 Å². The molecule has 0 N–H and O–H groups in total. The molecule has 2 aliphatic rings. The Morgan fingerprint density at radius 1 is 1.24 bits per heavy atom. The fourth-order valence-electron chi connectivity index (χ4n) is 3.19. The Morgan fingerprint density at radius 2 is 2.00 bits per heavy atom. The van der Waals surface area contributed by atoms with Crippen LogP contribution in [0.5, 0.6) is 0 Å². The van der Waals surface area contributed by atoms with E-state index >= 15 is 0 Å². The normalized spacial score (nSPS) is 20.0. The SMILES string of the molecule is COC(=O)C[C@H]1c2ccccc2N=C2S/C(=C\c3ccccc3)CN21. The molecule has 0 bridgehead atoms. The number of ether oxygens (including phenoxy) is 1. The Kier molecular flexibility index (Phi) is 4.32. The van der Waals surface area contributed by atoms with Gasteiger partial charge in [0.05, 0.1) is 31.8 Å². The summed E-state index contributed by atoms with van der Waals surface area (Å²) in [7, 11) is 1.44. The predicted molar refractivity (Wildman–Crippen MR) is 102 cm³/mol. The van der Waals surface area contributed by atoms with Crippen LogP contribution < -0.4 is 0 Å². The molecule has 2 heterocycles. The highest BCUT2D eigenvalue weighted by molar-refractivity contribution is 8.17. The molecule has 25 heavy (non-hydrogen) atoms. The molecule has 1 atom stereocenters. The van der Waals surface area contributed by atoms with Gasteiger partial charge in [-0.3, -0.25) is 4.79 Å². The van der Waals surface area contributed by atoms with E-state index in [-0.39, 0.29) is 12.0 Å². The minimum Gasteiger partial charge on any atom is -0.469 e. The smallest absolute Gasteiger partial charge is 0.307 e. The van der Waals surface area contributed by atoms with Gasteiger partial charge in [-0.05, 0) is 17.7 Å². The first kappa shape index (κ1) is 16.0. The molecule has 2 aliphatic heterocycles. The van der Waals surface area contributed by atoms with Crippen molar-refractivity contribution in [2.24, 2.45) is 4.99 Å². The van der Waals surface area contributed by atoms with E-state index in [1.54, 1.807) is 11.8 Å². The summed E-state index contributed by atoms with van der Waals surface area (Å²) in [4.78, 5) is 20.2. The van der Waals surface area contributed by atoms with Crippen LogP contribution in [0.15, 0.2) is 64.5 Å². The van der Waals surface area contributed by atoms with Crippen LogP contribution in [-0.4, -0.2) is 29.7 Å². The number of carbonyl (C=O) groups is 1. The van der Waals surface area contributed by atoms with Crippen LogP contribution in [-0.2, 0) is 9.53 Å². The van der Waals surface area contributed by atoms with E-state index in [9.17, 15) is 4.79 Å². The summed E-state index contributed by atoms with van der Waals surface area (Å²) in [5.74, 6) is -0.202. The number of para-hydroxylation sites is 1. The number of benzene rings is 2. The van der Waals surface area contributed by atoms with Crippen LogP contribution in [0.2, 0.25) is 0 Å². The van der Waals surface area contributed by atoms with Crippen molar-refractivity contribution in [2.45, 2.75) is 12.5 Å². The molecule has 126 valence electrons. The van der Waals surface area contributed by atoms with Gasteiger partial charge in [0.1, 0.15) is 0 Å². The summed E-state index contributed by atoms with van der Waals surface area (Å²) in [6.45, 7) is 0.758. The third-order valence-corrected chi connectivity index (χ3v) is 5.41. The largest absolute Gasteiger partial charge is 0.469 e. The van der Waals surface area contributed by atoms with Gasteiger partial charge in [0.2, 0.25) is 0 Å². The summed E-state index contributed by atoms with van der Waals surface area (Å²) >= 11 is 1.68. The Hall–Kier alpha value is -2.53. The lowest BCUT2D eigenvalue weighted by atomic mass is 9.99. The first-order valence-electron chi connectivity index (χ1n) is 8.19. The fraction of sp³-hybridized carbons (Fsp3) is 0.200. The molecule has 4 nitrogen and oxygen atoms in total. The van der Waals surface area contributed by atoms with Gasteiger partial charge in [-0.2, -0.15) is 0 Å². The van der Waals surface area contributed by atoms with E-state index in [1.165, 1.54) is 17.6 Å². The van der Waals surface area contributed by atoms with Crippen LogP contribution in [0.4, 0.5) is 5.69 Å². The molecule has 0 unspecified atom stereocenters. The Bertz CT molecular complexity index is 861. The molecule has 0 saturated carbocycles. The standard InChI is InChI=1S/C20H18N2O2S/c1-24-19(23)12-18-16-9-5-6-10-17(16)21-20-22(18)13-15(25-20)11-14-7-3-2-4-8-14/h2-11,18H,12-13H2,1H3/b15-11-/t18-/m0/s1. The zero-order valence-corrected chi connectivity index (χ0v) is 14.7. The van der Waals surface area contributed by atoms with E-state index < -0.39 is 0 Å². The molecule has 1 saturated heterocycles. The zero-order valence-electron chi connectivity index (χ0n) is 13.9. The topological polar surface area (TPSA) is 41.9 Å². The van der Waals surface area contributed by atoms with Crippen LogP contribution in [0, 0.1) is 0 Å². The highest BCUT2D eigenvalue weighted by atomic mass is 32.2. The second kappa shape index (κ2) is 6.76. The molecule has 2 aromatic carbocycles. The molecular weight excluding hydrogens is 332 g/mol. The Morgan fingerprint density at radius 3 is 2.80 bits per heavy atom. The zero-order chi connectivity index (χ0) is 17.2. The minimum absolute atomic E-state index is 0.0367. The van der Waals surface area contributed by atoms with Crippen LogP contribution in [0.1, 0.15) is 23.6 Å². The number of fused-ring (bicyclic) bond motifs is 2. The van der Waals surface area contributed by atoms with Crippen LogP contribution in [0.25, 0.3) is 6.08 Å². The van der Waals surface area contributed by atoms with Gasteiger partial charge in [0.15, 0.2) is 5.17 Å². The van der Waals surface area contributed by atoms with Gasteiger partial charge >= 0.3 is 5.97 Å². The van der Waals surface area contributed by atoms with E-state index in [0.29, 0.717) is 6.42 Å². The first-order valence-corrected chi connectivity index (χ1v) is 9.01. The van der Waals surface area contributed by atoms with E-state index in [1.807, 2.05) is 42.5 Å². The number of amidine groups is 1. The number of nitrogens with zero attached hydrogens (tertiary/aromatic N) is 2. The quantitative estimate of drug-likeness (QED) is 0.770. The number of thioether (sulfide) groups is 1. The number of methoxy groups -OCH3 is 1. The van der Waals surface area contributed by atoms with Crippen molar-refractivity contribution in [3.8, 4) is 0 Å². The minimum atomic E-state index is -0.202. The Balaban J connectivity index is 1.68. The summed E-state index contributed by atoms with van der Waals surface area (Å²) < 4.78 is 4.91. The van der Waals surface area contributed by atoms with Gasteiger partial charge in [0, 0.05) is 10.5 Å². The average Bonchev–Trinajstić information content (AvgIpc) is 3.04. The fourth-order valence-corrected chi connectivity index (χ4v) is 4.27. The maximum atomic E-state index is 11.9. The molecule has 0 aliphatic carbocycles. The molecule has 0 spiro atoms. The maximum Gasteiger partial charge on any atom is 0.307 e. The van der Waals surface area contributed by atoms with Gasteiger partial charge < -0.3 is 9.64 Å².